The minimum Gasteiger partial charge on any atom is -0.504 e. The number of hydrogen-bond acceptors (Lipinski definition) is 15. The van der Waals surface area contributed by atoms with Crippen LogP contribution in [0.1, 0.15) is 40.5 Å². The smallest absolute Gasteiger partial charge is 0.338 e. The van der Waals surface area contributed by atoms with Gasteiger partial charge in [0.05, 0.1) is 17.2 Å². The van der Waals surface area contributed by atoms with Gasteiger partial charge in [-0.2, -0.15) is 0 Å². The Labute approximate surface area is 255 Å². The van der Waals surface area contributed by atoms with Crippen LogP contribution in [-0.4, -0.2) is 115 Å². The third kappa shape index (κ3) is 4.53. The number of ether oxygens (including phenoxy) is 5. The van der Waals surface area contributed by atoms with E-state index in [4.69, 9.17) is 23.7 Å². The van der Waals surface area contributed by atoms with Crippen LogP contribution in [0.5, 0.6) is 17.2 Å². The zero-order chi connectivity index (χ0) is 32.5. The highest BCUT2D eigenvalue weighted by molar-refractivity contribution is 5.91. The fourth-order valence-electron chi connectivity index (χ4n) is 7.14. The first-order chi connectivity index (χ1) is 21.2. The predicted molar refractivity (Wildman–Crippen MR) is 145 cm³/mol. The fourth-order valence-corrected chi connectivity index (χ4v) is 7.14. The SMILES string of the molecule is C[C@]12C[C@@H](O)C3CC1(OC1OC(COC(=O)c4cc(O)c(O)c(O)c4)C(O)C(O)C1O)C3(COC(=O)c1ccccc1)C(=O)O2. The monoisotopic (exact) mass is 632 g/mol. The van der Waals surface area contributed by atoms with Crippen LogP contribution in [0, 0.1) is 11.3 Å². The number of benzene rings is 2. The summed E-state index contributed by atoms with van der Waals surface area (Å²) in [6.45, 7) is 0.303. The van der Waals surface area contributed by atoms with Crippen LogP contribution in [0.15, 0.2) is 42.5 Å². The third-order valence-corrected chi connectivity index (χ3v) is 9.57. The van der Waals surface area contributed by atoms with Crippen molar-refractivity contribution in [3.8, 4) is 17.2 Å². The number of phenols is 3. The molecule has 15 heteroatoms. The van der Waals surface area contributed by atoms with Crippen LogP contribution in [-0.2, 0) is 28.5 Å². The number of phenolic OH excluding ortho intramolecular Hbond substituents is 3. The number of carbonyl (C=O) groups is 3. The quantitative estimate of drug-likeness (QED) is 0.110. The Kier molecular flexibility index (Phi) is 7.46. The highest BCUT2D eigenvalue weighted by atomic mass is 16.7. The van der Waals surface area contributed by atoms with Gasteiger partial charge in [0.15, 0.2) is 23.5 Å². The third-order valence-electron chi connectivity index (χ3n) is 9.57. The van der Waals surface area contributed by atoms with Crippen LogP contribution < -0.4 is 0 Å². The van der Waals surface area contributed by atoms with Crippen molar-refractivity contribution in [1.29, 1.82) is 0 Å². The highest BCUT2D eigenvalue weighted by Crippen LogP contribution is 2.73. The summed E-state index contributed by atoms with van der Waals surface area (Å²) in [6.07, 6.45) is -9.73. The second kappa shape index (κ2) is 10.8. The van der Waals surface area contributed by atoms with Gasteiger partial charge in [-0.25, -0.2) is 9.59 Å². The zero-order valence-electron chi connectivity index (χ0n) is 23.8. The van der Waals surface area contributed by atoms with Crippen LogP contribution >= 0.6 is 0 Å². The Hall–Kier alpha value is -3.99. The first kappa shape index (κ1) is 31.0. The Morgan fingerprint density at radius 3 is 2.20 bits per heavy atom. The molecule has 2 aliphatic heterocycles. The molecule has 4 bridgehead atoms. The molecule has 0 radical (unpaired) electrons. The number of aromatic hydroxyl groups is 3. The summed E-state index contributed by atoms with van der Waals surface area (Å²) in [7, 11) is 0. The summed E-state index contributed by atoms with van der Waals surface area (Å²) in [5.74, 6) is -5.78. The standard InChI is InChI=1S/C30H32O15/c1-28-10-18(33)15-9-30(28,29(15,27(40)45-28)12-42-24(38)13-5-3-2-4-6-13)44-26-23(37)22(36)21(35)19(43-26)11-41-25(39)14-7-16(31)20(34)17(32)8-14/h2-8,15,18-19,21-23,26,31-37H,9-12H2,1H3/t15?,18-,19?,21?,22?,23?,26?,28+,29?,30?/m1/s1. The van der Waals surface area contributed by atoms with E-state index in [0.717, 1.165) is 12.1 Å². The van der Waals surface area contributed by atoms with Gasteiger partial charge in [-0.3, -0.25) is 4.79 Å². The molecule has 2 aromatic carbocycles. The Morgan fingerprint density at radius 1 is 0.889 bits per heavy atom. The van der Waals surface area contributed by atoms with Gasteiger partial charge in [-0.15, -0.1) is 0 Å². The van der Waals surface area contributed by atoms with Crippen LogP contribution in [0.4, 0.5) is 0 Å². The molecule has 2 aromatic rings. The molecule has 5 aliphatic rings. The molecular weight excluding hydrogens is 600 g/mol. The average molecular weight is 633 g/mol. The summed E-state index contributed by atoms with van der Waals surface area (Å²) in [5, 5.41) is 71.9. The number of rotatable bonds is 8. The fraction of sp³-hybridized carbons (Fsp3) is 0.500. The van der Waals surface area contributed by atoms with E-state index in [1.54, 1.807) is 18.2 Å². The Bertz CT molecular complexity index is 1490. The minimum atomic E-state index is -1.87. The van der Waals surface area contributed by atoms with Crippen molar-refractivity contribution in [3.05, 3.63) is 53.6 Å². The molecule has 0 spiro atoms. The molecular formula is C30H32O15. The van der Waals surface area contributed by atoms with E-state index >= 15 is 0 Å². The molecule has 7 rings (SSSR count). The number of aliphatic hydroxyl groups excluding tert-OH is 4. The van der Waals surface area contributed by atoms with Crippen LogP contribution in [0.2, 0.25) is 0 Å². The average Bonchev–Trinajstić information content (AvgIpc) is 3.07. The maximum absolute atomic E-state index is 13.5. The summed E-state index contributed by atoms with van der Waals surface area (Å²) < 4.78 is 28.5. The minimum absolute atomic E-state index is 0.0397. The summed E-state index contributed by atoms with van der Waals surface area (Å²) in [5.41, 5.74) is -4.89. The molecule has 15 nitrogen and oxygen atoms in total. The van der Waals surface area contributed by atoms with E-state index in [1.165, 1.54) is 19.1 Å². The molecule has 2 saturated heterocycles. The van der Waals surface area contributed by atoms with Crippen molar-refractivity contribution < 1.29 is 73.8 Å². The van der Waals surface area contributed by atoms with E-state index in [1.807, 2.05) is 0 Å². The van der Waals surface area contributed by atoms with Crippen molar-refractivity contribution in [2.45, 2.75) is 67.8 Å². The molecule has 8 unspecified atom stereocenters. The summed E-state index contributed by atoms with van der Waals surface area (Å²) in [4.78, 5) is 38.9. The Morgan fingerprint density at radius 2 is 1.53 bits per heavy atom. The molecule has 3 aliphatic carbocycles. The van der Waals surface area contributed by atoms with E-state index in [0.29, 0.717) is 0 Å². The van der Waals surface area contributed by atoms with Gasteiger partial charge < -0.3 is 59.4 Å². The highest BCUT2D eigenvalue weighted by Gasteiger charge is 2.88. The van der Waals surface area contributed by atoms with Crippen molar-refractivity contribution in [2.24, 2.45) is 11.3 Å². The van der Waals surface area contributed by atoms with Crippen molar-refractivity contribution >= 4 is 17.9 Å². The van der Waals surface area contributed by atoms with Crippen molar-refractivity contribution in [1.82, 2.24) is 0 Å². The number of aliphatic hydroxyl groups is 4. The molecule has 0 amide bonds. The largest absolute Gasteiger partial charge is 0.504 e. The van der Waals surface area contributed by atoms with Gasteiger partial charge in [0, 0.05) is 12.3 Å². The molecule has 10 atom stereocenters. The molecule has 7 N–H and O–H groups in total. The maximum atomic E-state index is 13.5. The predicted octanol–water partition coefficient (Wildman–Crippen LogP) is -0.533. The summed E-state index contributed by atoms with van der Waals surface area (Å²) >= 11 is 0. The van der Waals surface area contributed by atoms with Gasteiger partial charge in [0.25, 0.3) is 0 Å². The lowest BCUT2D eigenvalue weighted by molar-refractivity contribution is -0.394. The Balaban J connectivity index is 1.23. The van der Waals surface area contributed by atoms with E-state index in [2.05, 4.69) is 0 Å². The van der Waals surface area contributed by atoms with E-state index in [9.17, 15) is 50.1 Å². The second-order valence-corrected chi connectivity index (χ2v) is 12.0. The van der Waals surface area contributed by atoms with Gasteiger partial charge >= 0.3 is 17.9 Å². The van der Waals surface area contributed by atoms with Crippen molar-refractivity contribution in [2.75, 3.05) is 13.2 Å². The molecule has 3 saturated carbocycles. The number of esters is 3. The molecule has 0 aromatic heterocycles. The number of hydrogen-bond donors (Lipinski definition) is 7. The lowest BCUT2D eigenvalue weighted by Crippen LogP contribution is -2.80. The maximum Gasteiger partial charge on any atom is 0.338 e. The number of carbonyl (C=O) groups excluding carboxylic acids is 3. The molecule has 242 valence electrons. The topological polar surface area (TPSA) is 239 Å². The summed E-state index contributed by atoms with van der Waals surface area (Å²) in [6, 6.07) is 9.70. The normalized spacial score (nSPS) is 38.2. The molecule has 2 heterocycles. The van der Waals surface area contributed by atoms with E-state index < -0.39 is 108 Å². The lowest BCUT2D eigenvalue weighted by Gasteiger charge is -2.66. The first-order valence-electron chi connectivity index (χ1n) is 14.2. The first-order valence-corrected chi connectivity index (χ1v) is 14.2. The van der Waals surface area contributed by atoms with Crippen LogP contribution in [0.3, 0.4) is 0 Å². The van der Waals surface area contributed by atoms with Gasteiger partial charge in [-0.05, 0) is 37.6 Å². The van der Waals surface area contributed by atoms with Gasteiger partial charge in [0.2, 0.25) is 0 Å². The molecule has 45 heavy (non-hydrogen) atoms. The lowest BCUT2D eigenvalue weighted by atomic mass is 9.40. The van der Waals surface area contributed by atoms with E-state index in [-0.39, 0.29) is 24.0 Å². The zero-order valence-corrected chi connectivity index (χ0v) is 23.8. The van der Waals surface area contributed by atoms with Gasteiger partial charge in [0.1, 0.15) is 54.2 Å². The van der Waals surface area contributed by atoms with Crippen LogP contribution in [0.25, 0.3) is 0 Å². The number of fused-ring (bicyclic) bond motifs is 1. The van der Waals surface area contributed by atoms with Crippen molar-refractivity contribution in [3.63, 3.8) is 0 Å². The van der Waals surface area contributed by atoms with Gasteiger partial charge in [-0.1, -0.05) is 18.2 Å². The second-order valence-electron chi connectivity index (χ2n) is 12.0. The molecule has 5 fully saturated rings.